The van der Waals surface area contributed by atoms with Gasteiger partial charge in [0.15, 0.2) is 0 Å². The van der Waals surface area contributed by atoms with E-state index in [1.54, 1.807) is 19.1 Å². The summed E-state index contributed by atoms with van der Waals surface area (Å²) in [6.45, 7) is 9.76. The molecule has 0 N–H and O–H groups in total. The first-order valence-electron chi connectivity index (χ1n) is 7.23. The summed E-state index contributed by atoms with van der Waals surface area (Å²) in [5, 5.41) is 0.951. The number of methoxy groups -OCH3 is 1. The fourth-order valence-corrected chi connectivity index (χ4v) is 1.16. The SMILES string of the molecule is CC.CC.CCC(=O)OC.O=c1ccc2ccccc2o1. The molecule has 0 unspecified atom stereocenters. The maximum absolute atomic E-state index is 10.7. The second kappa shape index (κ2) is 14.3. The van der Waals surface area contributed by atoms with Crippen molar-refractivity contribution in [2.24, 2.45) is 0 Å². The summed E-state index contributed by atoms with van der Waals surface area (Å²) in [6, 6.07) is 10.6. The van der Waals surface area contributed by atoms with E-state index in [-0.39, 0.29) is 11.6 Å². The maximum atomic E-state index is 10.7. The van der Waals surface area contributed by atoms with Gasteiger partial charge < -0.3 is 9.15 Å². The van der Waals surface area contributed by atoms with Gasteiger partial charge in [-0.3, -0.25) is 4.79 Å². The molecule has 0 aliphatic carbocycles. The first-order chi connectivity index (χ1) is 10.2. The number of ether oxygens (including phenoxy) is 1. The van der Waals surface area contributed by atoms with Crippen molar-refractivity contribution in [3.8, 4) is 0 Å². The average Bonchev–Trinajstić information content (AvgIpc) is 2.58. The van der Waals surface area contributed by atoms with Crippen molar-refractivity contribution < 1.29 is 13.9 Å². The molecule has 0 amide bonds. The summed E-state index contributed by atoms with van der Waals surface area (Å²) >= 11 is 0. The molecule has 118 valence electrons. The van der Waals surface area contributed by atoms with Crippen LogP contribution >= 0.6 is 0 Å². The fraction of sp³-hybridized carbons (Fsp3) is 0.412. The minimum atomic E-state index is -0.302. The van der Waals surface area contributed by atoms with Gasteiger partial charge in [-0.2, -0.15) is 0 Å². The van der Waals surface area contributed by atoms with Gasteiger partial charge in [0.2, 0.25) is 0 Å². The van der Waals surface area contributed by atoms with Crippen molar-refractivity contribution in [2.75, 3.05) is 7.11 Å². The molecule has 4 heteroatoms. The van der Waals surface area contributed by atoms with Gasteiger partial charge in [-0.15, -0.1) is 0 Å². The van der Waals surface area contributed by atoms with Gasteiger partial charge in [0.1, 0.15) is 5.58 Å². The number of para-hydroxylation sites is 1. The van der Waals surface area contributed by atoms with Crippen LogP contribution in [0.1, 0.15) is 41.0 Å². The van der Waals surface area contributed by atoms with Crippen LogP contribution in [0.2, 0.25) is 0 Å². The Morgan fingerprint density at radius 2 is 1.62 bits per heavy atom. The summed E-state index contributed by atoms with van der Waals surface area (Å²) in [6.07, 6.45) is 0.469. The Morgan fingerprint density at radius 1 is 1.05 bits per heavy atom. The lowest BCUT2D eigenvalue weighted by molar-refractivity contribution is -0.140. The van der Waals surface area contributed by atoms with Crippen LogP contribution in [0.5, 0.6) is 0 Å². The van der Waals surface area contributed by atoms with Crippen molar-refractivity contribution in [1.29, 1.82) is 0 Å². The Morgan fingerprint density at radius 3 is 2.10 bits per heavy atom. The third-order valence-electron chi connectivity index (χ3n) is 2.04. The predicted molar refractivity (Wildman–Crippen MR) is 87.5 cm³/mol. The molecule has 21 heavy (non-hydrogen) atoms. The molecule has 1 aromatic carbocycles. The third-order valence-corrected chi connectivity index (χ3v) is 2.04. The molecule has 0 spiro atoms. The molecule has 2 aromatic rings. The van der Waals surface area contributed by atoms with Crippen LogP contribution in [0, 0.1) is 0 Å². The van der Waals surface area contributed by atoms with Crippen molar-refractivity contribution in [1.82, 2.24) is 0 Å². The number of fused-ring (bicyclic) bond motifs is 1. The minimum absolute atomic E-state index is 0.157. The Kier molecular flexibility index (Phi) is 14.5. The van der Waals surface area contributed by atoms with E-state index in [9.17, 15) is 9.59 Å². The molecule has 0 atom stereocenters. The molecule has 0 radical (unpaired) electrons. The zero-order valence-corrected chi connectivity index (χ0v) is 13.8. The molecule has 4 nitrogen and oxygen atoms in total. The normalized spacial score (nSPS) is 8.10. The number of rotatable bonds is 1. The van der Waals surface area contributed by atoms with Crippen LogP contribution in [0.25, 0.3) is 11.0 Å². The van der Waals surface area contributed by atoms with Gasteiger partial charge in [-0.05, 0) is 12.1 Å². The van der Waals surface area contributed by atoms with E-state index >= 15 is 0 Å². The topological polar surface area (TPSA) is 56.5 Å². The lowest BCUT2D eigenvalue weighted by atomic mass is 10.2. The Bertz CT molecular complexity index is 537. The standard InChI is InChI=1S/C9H6O2.C4H8O2.2C2H6/c10-9-6-5-7-3-1-2-4-8(7)11-9;1-3-4(5)6-2;2*1-2/h1-6H;3H2,1-2H3;2*1-2H3. The van der Waals surface area contributed by atoms with Crippen LogP contribution in [-0.4, -0.2) is 13.1 Å². The Balaban J connectivity index is 0. The first kappa shape index (κ1) is 21.2. The minimum Gasteiger partial charge on any atom is -0.469 e. The third kappa shape index (κ3) is 9.44. The van der Waals surface area contributed by atoms with Gasteiger partial charge >= 0.3 is 11.6 Å². The van der Waals surface area contributed by atoms with Gasteiger partial charge in [0, 0.05) is 17.9 Å². The fourth-order valence-electron chi connectivity index (χ4n) is 1.16. The highest BCUT2D eigenvalue weighted by atomic mass is 16.5. The van der Waals surface area contributed by atoms with Crippen molar-refractivity contribution in [2.45, 2.75) is 41.0 Å². The van der Waals surface area contributed by atoms with Crippen LogP contribution in [-0.2, 0) is 9.53 Å². The van der Waals surface area contributed by atoms with E-state index < -0.39 is 0 Å². The van der Waals surface area contributed by atoms with Crippen molar-refractivity contribution >= 4 is 16.9 Å². The first-order valence-corrected chi connectivity index (χ1v) is 7.23. The number of carbonyl (C=O) groups is 1. The molecule has 2 rings (SSSR count). The van der Waals surface area contributed by atoms with Crippen molar-refractivity contribution in [3.05, 3.63) is 46.8 Å². The van der Waals surface area contributed by atoms with Crippen LogP contribution in [0.3, 0.4) is 0 Å². The van der Waals surface area contributed by atoms with Crippen LogP contribution < -0.4 is 5.63 Å². The molecular formula is C17H26O4. The van der Waals surface area contributed by atoms with E-state index in [0.717, 1.165) is 5.39 Å². The highest BCUT2D eigenvalue weighted by Gasteiger charge is 1.92. The Labute approximate surface area is 126 Å². The zero-order valence-electron chi connectivity index (χ0n) is 13.8. The van der Waals surface area contributed by atoms with Crippen LogP contribution in [0.15, 0.2) is 45.6 Å². The van der Waals surface area contributed by atoms with E-state index in [0.29, 0.717) is 12.0 Å². The van der Waals surface area contributed by atoms with Gasteiger partial charge in [-0.1, -0.05) is 52.8 Å². The van der Waals surface area contributed by atoms with Gasteiger partial charge in [0.05, 0.1) is 7.11 Å². The molecule has 0 aliphatic heterocycles. The monoisotopic (exact) mass is 294 g/mol. The zero-order chi connectivity index (χ0) is 16.7. The molecule has 0 saturated carbocycles. The largest absolute Gasteiger partial charge is 0.469 e. The van der Waals surface area contributed by atoms with E-state index in [1.165, 1.54) is 13.2 Å². The summed E-state index contributed by atoms with van der Waals surface area (Å²) in [4.78, 5) is 20.7. The van der Waals surface area contributed by atoms with Crippen LogP contribution in [0.4, 0.5) is 0 Å². The number of hydrogen-bond acceptors (Lipinski definition) is 4. The van der Waals surface area contributed by atoms with E-state index in [1.807, 2.05) is 45.9 Å². The van der Waals surface area contributed by atoms with E-state index in [2.05, 4.69) is 4.74 Å². The number of carbonyl (C=O) groups excluding carboxylic acids is 1. The van der Waals surface area contributed by atoms with Gasteiger partial charge in [-0.25, -0.2) is 4.79 Å². The molecule has 0 aliphatic rings. The summed E-state index contributed by atoms with van der Waals surface area (Å²) in [7, 11) is 1.38. The lowest BCUT2D eigenvalue weighted by Gasteiger charge is -1.91. The highest BCUT2D eigenvalue weighted by molar-refractivity contribution is 5.75. The number of benzene rings is 1. The summed E-state index contributed by atoms with van der Waals surface area (Å²) < 4.78 is 9.17. The summed E-state index contributed by atoms with van der Waals surface area (Å²) in [5.74, 6) is -0.157. The van der Waals surface area contributed by atoms with Gasteiger partial charge in [0.25, 0.3) is 0 Å². The molecule has 0 fully saturated rings. The molecule has 1 aromatic heterocycles. The number of hydrogen-bond donors (Lipinski definition) is 0. The average molecular weight is 294 g/mol. The molecule has 1 heterocycles. The highest BCUT2D eigenvalue weighted by Crippen LogP contribution is 2.08. The maximum Gasteiger partial charge on any atom is 0.336 e. The van der Waals surface area contributed by atoms with Crippen molar-refractivity contribution in [3.63, 3.8) is 0 Å². The lowest BCUT2D eigenvalue weighted by Crippen LogP contribution is -1.94. The molecule has 0 bridgehead atoms. The second-order valence-electron chi connectivity index (χ2n) is 3.22. The number of esters is 1. The smallest absolute Gasteiger partial charge is 0.336 e. The summed E-state index contributed by atoms with van der Waals surface area (Å²) in [5.41, 5.74) is 0.337. The Hall–Kier alpha value is -2.10. The quantitative estimate of drug-likeness (QED) is 0.577. The molecular weight excluding hydrogens is 268 g/mol. The predicted octanol–water partition coefficient (Wildman–Crippen LogP) is 4.41. The van der Waals surface area contributed by atoms with E-state index in [4.69, 9.17) is 4.42 Å². The second-order valence-corrected chi connectivity index (χ2v) is 3.22. The molecule has 0 saturated heterocycles.